The number of hydrogen-bond donors (Lipinski definition) is 2. The molecule has 0 aliphatic carbocycles. The molecule has 0 aromatic carbocycles. The number of amides is 1. The minimum Gasteiger partial charge on any atom is -0.495 e. The quantitative estimate of drug-likeness (QED) is 0.524. The molecule has 2 unspecified atom stereocenters. The lowest BCUT2D eigenvalue weighted by molar-refractivity contribution is -0.124. The van der Waals surface area contributed by atoms with E-state index in [0.717, 1.165) is 0 Å². The van der Waals surface area contributed by atoms with Crippen molar-refractivity contribution < 1.29 is 9.90 Å². The van der Waals surface area contributed by atoms with E-state index in [2.05, 4.69) is 5.32 Å². The van der Waals surface area contributed by atoms with E-state index in [0.29, 0.717) is 0 Å². The van der Waals surface area contributed by atoms with Gasteiger partial charge in [0.05, 0.1) is 6.07 Å². The molecule has 0 saturated carbocycles. The molecule has 1 aliphatic rings. The molecule has 4 heteroatoms. The molecule has 4 nitrogen and oxygen atoms in total. The van der Waals surface area contributed by atoms with Gasteiger partial charge in [0.15, 0.2) is 5.88 Å². The summed E-state index contributed by atoms with van der Waals surface area (Å²) in [5.41, 5.74) is 0. The number of carbonyl (C=O) groups is 1. The first-order valence-corrected chi connectivity index (χ1v) is 3.26. The largest absolute Gasteiger partial charge is 0.495 e. The molecule has 0 bridgehead atoms. The van der Waals surface area contributed by atoms with Crippen LogP contribution in [0.25, 0.3) is 0 Å². The molecule has 0 aromatic rings. The predicted octanol–water partition coefficient (Wildman–Crippen LogP) is 0.291. The van der Waals surface area contributed by atoms with Gasteiger partial charge in [-0.1, -0.05) is 6.92 Å². The fraction of sp³-hybridized carbons (Fsp3) is 0.429. The molecular formula is C7H8N2O2. The Balaban J connectivity index is 2.88. The van der Waals surface area contributed by atoms with Crippen molar-refractivity contribution >= 4 is 5.91 Å². The smallest absolute Gasteiger partial charge is 0.244 e. The van der Waals surface area contributed by atoms with E-state index >= 15 is 0 Å². The molecule has 1 aliphatic heterocycles. The molecule has 58 valence electrons. The summed E-state index contributed by atoms with van der Waals surface area (Å²) in [5, 5.41) is 19.5. The van der Waals surface area contributed by atoms with Gasteiger partial charge in [-0.2, -0.15) is 5.26 Å². The highest BCUT2D eigenvalue weighted by Crippen LogP contribution is 2.17. The molecule has 1 rings (SSSR count). The van der Waals surface area contributed by atoms with Crippen LogP contribution in [-0.4, -0.2) is 11.0 Å². The Labute approximate surface area is 64.1 Å². The molecule has 0 radical (unpaired) electrons. The Morgan fingerprint density at radius 3 is 2.91 bits per heavy atom. The van der Waals surface area contributed by atoms with E-state index in [-0.39, 0.29) is 11.8 Å². The second kappa shape index (κ2) is 2.62. The van der Waals surface area contributed by atoms with Gasteiger partial charge in [0.25, 0.3) is 0 Å². The topological polar surface area (TPSA) is 73.1 Å². The van der Waals surface area contributed by atoms with Crippen LogP contribution in [0, 0.1) is 23.2 Å². The van der Waals surface area contributed by atoms with Gasteiger partial charge in [-0.15, -0.1) is 0 Å². The van der Waals surface area contributed by atoms with Crippen molar-refractivity contribution in [1.29, 1.82) is 5.26 Å². The summed E-state index contributed by atoms with van der Waals surface area (Å²) < 4.78 is 0. The maximum absolute atomic E-state index is 10.9. The number of carbonyl (C=O) groups excluding carboxylic acids is 1. The van der Waals surface area contributed by atoms with Gasteiger partial charge in [0.1, 0.15) is 5.92 Å². The number of nitrogens with one attached hydrogen (secondary N) is 1. The third-order valence-electron chi connectivity index (χ3n) is 1.62. The van der Waals surface area contributed by atoms with E-state index in [1.165, 1.54) is 6.08 Å². The second-order valence-corrected chi connectivity index (χ2v) is 2.51. The number of rotatable bonds is 0. The Morgan fingerprint density at radius 1 is 1.82 bits per heavy atom. The zero-order chi connectivity index (χ0) is 8.43. The lowest BCUT2D eigenvalue weighted by Gasteiger charge is -2.19. The van der Waals surface area contributed by atoms with Crippen LogP contribution in [0.4, 0.5) is 0 Å². The lowest BCUT2D eigenvalue weighted by Crippen LogP contribution is -2.36. The normalized spacial score (nSPS) is 30.2. The van der Waals surface area contributed by atoms with E-state index in [9.17, 15) is 4.79 Å². The first kappa shape index (κ1) is 7.61. The first-order valence-electron chi connectivity index (χ1n) is 3.26. The summed E-state index contributed by atoms with van der Waals surface area (Å²) in [4.78, 5) is 10.9. The molecule has 0 saturated heterocycles. The van der Waals surface area contributed by atoms with Crippen molar-refractivity contribution in [2.24, 2.45) is 11.8 Å². The van der Waals surface area contributed by atoms with Gasteiger partial charge in [0.2, 0.25) is 5.91 Å². The number of aliphatic hydroxyl groups is 1. The minimum atomic E-state index is -0.675. The monoisotopic (exact) mass is 152 g/mol. The Hall–Kier alpha value is -1.50. The first-order chi connectivity index (χ1) is 5.15. The Bertz CT molecular complexity index is 252. The van der Waals surface area contributed by atoms with E-state index in [1.807, 2.05) is 6.07 Å². The van der Waals surface area contributed by atoms with Crippen LogP contribution in [-0.2, 0) is 4.79 Å². The van der Waals surface area contributed by atoms with Crippen molar-refractivity contribution in [2.75, 3.05) is 0 Å². The van der Waals surface area contributed by atoms with Crippen molar-refractivity contribution in [3.05, 3.63) is 12.0 Å². The Morgan fingerprint density at radius 2 is 2.45 bits per heavy atom. The fourth-order valence-electron chi connectivity index (χ4n) is 1.01. The number of nitriles is 1. The van der Waals surface area contributed by atoms with Crippen LogP contribution in [0.1, 0.15) is 6.92 Å². The summed E-state index contributed by atoms with van der Waals surface area (Å²) in [6.07, 6.45) is 1.45. The lowest BCUT2D eigenvalue weighted by atomic mass is 9.92. The zero-order valence-electron chi connectivity index (χ0n) is 6.03. The molecule has 0 aromatic heterocycles. The zero-order valence-corrected chi connectivity index (χ0v) is 6.03. The molecular weight excluding hydrogens is 144 g/mol. The van der Waals surface area contributed by atoms with Crippen molar-refractivity contribution in [1.82, 2.24) is 5.32 Å². The van der Waals surface area contributed by atoms with Crippen LogP contribution in [0.5, 0.6) is 0 Å². The van der Waals surface area contributed by atoms with Crippen LogP contribution >= 0.6 is 0 Å². The maximum atomic E-state index is 10.9. The minimum absolute atomic E-state index is 0.158. The van der Waals surface area contributed by atoms with Gasteiger partial charge in [-0.25, -0.2) is 0 Å². The summed E-state index contributed by atoms with van der Waals surface area (Å²) in [7, 11) is 0. The van der Waals surface area contributed by atoms with Crippen molar-refractivity contribution in [3.63, 3.8) is 0 Å². The maximum Gasteiger partial charge on any atom is 0.244 e. The van der Waals surface area contributed by atoms with Gasteiger partial charge in [-0.05, 0) is 6.08 Å². The standard InChI is InChI=1S/C7H8N2O2/c1-4-2-6(10)9-7(11)5(4)3-8/h2,4-5,10H,1H3,(H,9,11). The van der Waals surface area contributed by atoms with Gasteiger partial charge >= 0.3 is 0 Å². The van der Waals surface area contributed by atoms with Crippen molar-refractivity contribution in [3.8, 4) is 6.07 Å². The van der Waals surface area contributed by atoms with Crippen LogP contribution in [0.15, 0.2) is 12.0 Å². The van der Waals surface area contributed by atoms with Gasteiger partial charge in [0, 0.05) is 5.92 Å². The molecule has 1 amide bonds. The van der Waals surface area contributed by atoms with Gasteiger partial charge < -0.3 is 5.11 Å². The fourth-order valence-corrected chi connectivity index (χ4v) is 1.01. The molecule has 2 atom stereocenters. The average molecular weight is 152 g/mol. The van der Waals surface area contributed by atoms with Crippen LogP contribution in [0.3, 0.4) is 0 Å². The van der Waals surface area contributed by atoms with E-state index in [1.54, 1.807) is 6.92 Å². The highest BCUT2D eigenvalue weighted by Gasteiger charge is 2.28. The molecule has 2 N–H and O–H groups in total. The predicted molar refractivity (Wildman–Crippen MR) is 37.1 cm³/mol. The summed E-state index contributed by atoms with van der Waals surface area (Å²) in [5.74, 6) is -1.48. The molecule has 0 spiro atoms. The Kier molecular flexibility index (Phi) is 1.81. The van der Waals surface area contributed by atoms with Gasteiger partial charge in [-0.3, -0.25) is 10.1 Å². The van der Waals surface area contributed by atoms with Crippen molar-refractivity contribution in [2.45, 2.75) is 6.92 Å². The number of nitrogens with zero attached hydrogens (tertiary/aromatic N) is 1. The van der Waals surface area contributed by atoms with E-state index in [4.69, 9.17) is 10.4 Å². The van der Waals surface area contributed by atoms with Crippen LogP contribution < -0.4 is 5.32 Å². The molecule has 1 heterocycles. The summed E-state index contributed by atoms with van der Waals surface area (Å²) >= 11 is 0. The second-order valence-electron chi connectivity index (χ2n) is 2.51. The summed E-state index contributed by atoms with van der Waals surface area (Å²) in [6.45, 7) is 1.71. The average Bonchev–Trinajstić information content (AvgIpc) is 1.85. The molecule has 11 heavy (non-hydrogen) atoms. The van der Waals surface area contributed by atoms with Crippen LogP contribution in [0.2, 0.25) is 0 Å². The third-order valence-corrected chi connectivity index (χ3v) is 1.62. The molecule has 0 fully saturated rings. The SMILES string of the molecule is CC1C=C(O)NC(=O)C1C#N. The highest BCUT2D eigenvalue weighted by atomic mass is 16.3. The third kappa shape index (κ3) is 1.32. The highest BCUT2D eigenvalue weighted by molar-refractivity contribution is 5.83. The number of allylic oxidation sites excluding steroid dienone is 1. The summed E-state index contributed by atoms with van der Waals surface area (Å²) in [6, 6.07) is 1.86. The van der Waals surface area contributed by atoms with E-state index < -0.39 is 11.8 Å². The number of hydrogen-bond acceptors (Lipinski definition) is 3. The number of aliphatic hydroxyl groups excluding tert-OH is 1.